The third-order valence-electron chi connectivity index (χ3n) is 8.35. The highest BCUT2D eigenvalue weighted by Gasteiger charge is 2.68. The first-order valence-corrected chi connectivity index (χ1v) is 12.4. The van der Waals surface area contributed by atoms with E-state index in [2.05, 4.69) is 35.4 Å². The molecule has 3 fully saturated rings. The van der Waals surface area contributed by atoms with Gasteiger partial charge in [0.15, 0.2) is 5.54 Å². The number of carbonyl (C=O) groups is 2. The lowest BCUT2D eigenvalue weighted by molar-refractivity contribution is -0.139. The highest BCUT2D eigenvalue weighted by atomic mass is 16.5. The summed E-state index contributed by atoms with van der Waals surface area (Å²) in [6.45, 7) is 0.278. The van der Waals surface area contributed by atoms with Gasteiger partial charge in [-0.2, -0.15) is 0 Å². The van der Waals surface area contributed by atoms with Crippen LogP contribution in [-0.2, 0) is 28.0 Å². The van der Waals surface area contributed by atoms with E-state index in [0.29, 0.717) is 5.92 Å². The number of nitrogens with one attached hydrogen (secondary N) is 1. The van der Waals surface area contributed by atoms with Crippen molar-refractivity contribution in [2.45, 2.75) is 63.1 Å². The topological polar surface area (TPSA) is 58.6 Å². The summed E-state index contributed by atoms with van der Waals surface area (Å²) in [7, 11) is 1.76. The lowest BCUT2D eigenvalue weighted by Crippen LogP contribution is -2.56. The van der Waals surface area contributed by atoms with Crippen molar-refractivity contribution in [1.82, 2.24) is 10.2 Å². The zero-order chi connectivity index (χ0) is 23.3. The lowest BCUT2D eigenvalue weighted by Gasteiger charge is -2.46. The Morgan fingerprint density at radius 2 is 1.82 bits per heavy atom. The molecule has 3 amide bonds. The number of amides is 3. The van der Waals surface area contributed by atoms with Gasteiger partial charge < -0.3 is 10.1 Å². The summed E-state index contributed by atoms with van der Waals surface area (Å²) in [6.07, 6.45) is 6.82. The largest absolute Gasteiger partial charge is 0.381 e. The molecule has 0 bridgehead atoms. The van der Waals surface area contributed by atoms with Gasteiger partial charge in [-0.3, -0.25) is 9.69 Å². The van der Waals surface area contributed by atoms with Crippen LogP contribution in [0.1, 0.15) is 60.8 Å². The molecule has 1 saturated heterocycles. The molecule has 0 radical (unpaired) electrons. The molecule has 6 rings (SSSR count). The van der Waals surface area contributed by atoms with Gasteiger partial charge in [-0.15, -0.1) is 0 Å². The molecule has 2 aromatic carbocycles. The van der Waals surface area contributed by atoms with Gasteiger partial charge in [-0.25, -0.2) is 4.79 Å². The Labute approximate surface area is 200 Å². The number of nitrogens with zero attached hydrogens (tertiary/aromatic N) is 1. The number of ether oxygens (including phenoxy) is 1. The molecule has 1 unspecified atom stereocenters. The van der Waals surface area contributed by atoms with E-state index in [1.54, 1.807) is 7.11 Å². The number of hydrogen-bond acceptors (Lipinski definition) is 3. The van der Waals surface area contributed by atoms with Crippen molar-refractivity contribution in [3.05, 3.63) is 70.8 Å². The standard InChI is InChI=1S/C29H30N2O3/c1-34-24-13-15-28(16-14-24)18-23-12-11-21(10-9-20-7-8-20)17-25(23)29(28)26(32)31(27(33)30-29)19-22-5-3-2-4-6-22/h2-6,11-12,17,20,24H,7-8,13-16,18-19H2,1H3,(H,30,33). The predicted octanol–water partition coefficient (Wildman–Crippen LogP) is 4.53. The van der Waals surface area contributed by atoms with Crippen LogP contribution in [0.5, 0.6) is 0 Å². The van der Waals surface area contributed by atoms with Crippen LogP contribution in [-0.4, -0.2) is 30.1 Å². The van der Waals surface area contributed by atoms with Crippen molar-refractivity contribution in [1.29, 1.82) is 0 Å². The van der Waals surface area contributed by atoms with Crippen LogP contribution in [0.3, 0.4) is 0 Å². The highest BCUT2D eigenvalue weighted by Crippen LogP contribution is 2.60. The minimum atomic E-state index is -1.04. The summed E-state index contributed by atoms with van der Waals surface area (Å²) in [6, 6.07) is 15.7. The summed E-state index contributed by atoms with van der Waals surface area (Å²) in [5, 5.41) is 3.25. The van der Waals surface area contributed by atoms with Crippen molar-refractivity contribution >= 4 is 11.9 Å². The monoisotopic (exact) mass is 454 g/mol. The first-order chi connectivity index (χ1) is 16.5. The van der Waals surface area contributed by atoms with Gasteiger partial charge in [0.1, 0.15) is 0 Å². The van der Waals surface area contributed by atoms with Crippen LogP contribution in [0.4, 0.5) is 4.79 Å². The van der Waals surface area contributed by atoms with Crippen LogP contribution >= 0.6 is 0 Å². The van der Waals surface area contributed by atoms with Gasteiger partial charge in [0.25, 0.3) is 5.91 Å². The molecule has 5 heteroatoms. The van der Waals surface area contributed by atoms with Crippen molar-refractivity contribution in [2.75, 3.05) is 7.11 Å². The molecule has 1 atom stereocenters. The Morgan fingerprint density at radius 1 is 1.06 bits per heavy atom. The number of methoxy groups -OCH3 is 1. The molecular weight excluding hydrogens is 424 g/mol. The van der Waals surface area contributed by atoms with Gasteiger partial charge in [-0.05, 0) is 73.8 Å². The van der Waals surface area contributed by atoms with E-state index in [0.717, 1.165) is 54.4 Å². The Morgan fingerprint density at radius 3 is 2.53 bits per heavy atom. The molecule has 1 heterocycles. The van der Waals surface area contributed by atoms with Crippen molar-refractivity contribution in [2.24, 2.45) is 11.3 Å². The molecule has 34 heavy (non-hydrogen) atoms. The quantitative estimate of drug-likeness (QED) is 0.548. The Bertz CT molecular complexity index is 1200. The molecule has 2 spiro atoms. The van der Waals surface area contributed by atoms with Crippen molar-refractivity contribution in [3.8, 4) is 11.8 Å². The number of fused-ring (bicyclic) bond motifs is 3. The molecule has 174 valence electrons. The van der Waals surface area contributed by atoms with Gasteiger partial charge >= 0.3 is 6.03 Å². The van der Waals surface area contributed by atoms with Crippen LogP contribution in [0.15, 0.2) is 48.5 Å². The maximum absolute atomic E-state index is 14.3. The van der Waals surface area contributed by atoms with Gasteiger partial charge in [0.2, 0.25) is 0 Å². The van der Waals surface area contributed by atoms with Crippen LogP contribution in [0.25, 0.3) is 0 Å². The molecule has 1 aliphatic heterocycles. The van der Waals surface area contributed by atoms with Gasteiger partial charge in [0, 0.05) is 24.0 Å². The maximum Gasteiger partial charge on any atom is 0.325 e. The zero-order valence-corrected chi connectivity index (χ0v) is 19.6. The van der Waals surface area contributed by atoms with Crippen LogP contribution in [0, 0.1) is 23.2 Å². The summed E-state index contributed by atoms with van der Waals surface area (Å²) in [4.78, 5) is 29.1. The molecule has 2 aromatic rings. The first kappa shape index (κ1) is 21.4. The van der Waals surface area contributed by atoms with Crippen LogP contribution < -0.4 is 5.32 Å². The van der Waals surface area contributed by atoms with E-state index in [9.17, 15) is 9.59 Å². The average molecular weight is 455 g/mol. The zero-order valence-electron chi connectivity index (χ0n) is 19.6. The highest BCUT2D eigenvalue weighted by molar-refractivity contribution is 6.08. The first-order valence-electron chi connectivity index (χ1n) is 12.4. The van der Waals surface area contributed by atoms with E-state index in [4.69, 9.17) is 4.74 Å². The predicted molar refractivity (Wildman–Crippen MR) is 129 cm³/mol. The second-order valence-electron chi connectivity index (χ2n) is 10.4. The fourth-order valence-electron chi connectivity index (χ4n) is 6.31. The normalized spacial score (nSPS) is 29.8. The smallest absolute Gasteiger partial charge is 0.325 e. The fourth-order valence-corrected chi connectivity index (χ4v) is 6.31. The Hall–Kier alpha value is -3.10. The van der Waals surface area contributed by atoms with E-state index >= 15 is 0 Å². The summed E-state index contributed by atoms with van der Waals surface area (Å²) >= 11 is 0. The third kappa shape index (κ3) is 3.27. The molecule has 5 nitrogen and oxygen atoms in total. The average Bonchev–Trinajstić information content (AvgIpc) is 3.62. The number of urea groups is 1. The molecule has 4 aliphatic rings. The fraction of sp³-hybridized carbons (Fsp3) is 0.448. The van der Waals surface area contributed by atoms with Crippen molar-refractivity contribution < 1.29 is 14.3 Å². The van der Waals surface area contributed by atoms with Crippen LogP contribution in [0.2, 0.25) is 0 Å². The number of imide groups is 1. The number of carbonyl (C=O) groups excluding carboxylic acids is 2. The van der Waals surface area contributed by atoms with E-state index in [1.807, 2.05) is 30.3 Å². The third-order valence-corrected chi connectivity index (χ3v) is 8.35. The molecule has 2 saturated carbocycles. The summed E-state index contributed by atoms with van der Waals surface area (Å²) in [5.41, 5.74) is 2.59. The maximum atomic E-state index is 14.3. The van der Waals surface area contributed by atoms with Gasteiger partial charge in [-0.1, -0.05) is 48.2 Å². The second-order valence-corrected chi connectivity index (χ2v) is 10.4. The van der Waals surface area contributed by atoms with E-state index in [-0.39, 0.29) is 30.0 Å². The summed E-state index contributed by atoms with van der Waals surface area (Å²) < 4.78 is 5.65. The number of rotatable bonds is 3. The second kappa shape index (κ2) is 7.99. The molecule has 0 aromatic heterocycles. The number of benzene rings is 2. The van der Waals surface area contributed by atoms with Crippen molar-refractivity contribution in [3.63, 3.8) is 0 Å². The van der Waals surface area contributed by atoms with E-state index < -0.39 is 5.54 Å². The molecular formula is C29H30N2O3. The SMILES string of the molecule is COC1CCC2(CC1)Cc1ccc(C#CC3CC3)cc1C21NC(=O)N(Cc2ccccc2)C1=O. The summed E-state index contributed by atoms with van der Waals surface area (Å²) in [5.74, 6) is 7.04. The minimum absolute atomic E-state index is 0.122. The molecule has 1 N–H and O–H groups in total. The molecule has 3 aliphatic carbocycles. The Kier molecular flexibility index (Phi) is 5.04. The number of hydrogen-bond donors (Lipinski definition) is 1. The Balaban J connectivity index is 1.43. The minimum Gasteiger partial charge on any atom is -0.381 e. The lowest BCUT2D eigenvalue weighted by atomic mass is 9.61. The van der Waals surface area contributed by atoms with Gasteiger partial charge in [0.05, 0.1) is 12.6 Å². The van der Waals surface area contributed by atoms with E-state index in [1.165, 1.54) is 17.7 Å².